The fourth-order valence-electron chi connectivity index (χ4n) is 3.92. The molecular weight excluding hydrogens is 378 g/mol. The summed E-state index contributed by atoms with van der Waals surface area (Å²) in [5, 5.41) is 9.76. The zero-order chi connectivity index (χ0) is 18.0. The first-order valence-corrected chi connectivity index (χ1v) is 9.57. The molecular formula is C21H24BrNO2. The van der Waals surface area contributed by atoms with Crippen molar-refractivity contribution in [3.05, 3.63) is 69.2 Å². The highest BCUT2D eigenvalue weighted by Gasteiger charge is 2.35. The smallest absolute Gasteiger partial charge is 0.320 e. The Labute approximate surface area is 157 Å². The van der Waals surface area contributed by atoms with Crippen LogP contribution in [0.25, 0.3) is 0 Å². The van der Waals surface area contributed by atoms with E-state index >= 15 is 0 Å². The van der Waals surface area contributed by atoms with Crippen LogP contribution in [0.1, 0.15) is 47.6 Å². The highest BCUT2D eigenvalue weighted by molar-refractivity contribution is 9.10. The molecule has 0 saturated carbocycles. The number of rotatable bonds is 4. The lowest BCUT2D eigenvalue weighted by atomic mass is 9.90. The van der Waals surface area contributed by atoms with Crippen LogP contribution in [0.3, 0.4) is 0 Å². The number of hydrogen-bond acceptors (Lipinski definition) is 2. The minimum Gasteiger partial charge on any atom is -0.480 e. The van der Waals surface area contributed by atoms with Gasteiger partial charge in [0.2, 0.25) is 0 Å². The SMILES string of the molecule is Cc1cc(C)cc(C(c2ccc(Br)cc2)N2CCCCC2C(=O)O)c1. The van der Waals surface area contributed by atoms with E-state index in [1.807, 2.05) is 12.1 Å². The van der Waals surface area contributed by atoms with Gasteiger partial charge in [-0.3, -0.25) is 9.69 Å². The van der Waals surface area contributed by atoms with Crippen molar-refractivity contribution < 1.29 is 9.90 Å². The molecule has 3 rings (SSSR count). The minimum atomic E-state index is -0.716. The molecule has 25 heavy (non-hydrogen) atoms. The largest absolute Gasteiger partial charge is 0.480 e. The molecule has 1 fully saturated rings. The summed E-state index contributed by atoms with van der Waals surface area (Å²) in [7, 11) is 0. The molecule has 2 aromatic carbocycles. The van der Waals surface area contributed by atoms with E-state index in [1.165, 1.54) is 16.7 Å². The summed E-state index contributed by atoms with van der Waals surface area (Å²) in [5.74, 6) is -0.716. The van der Waals surface area contributed by atoms with E-state index in [2.05, 4.69) is 65.0 Å². The predicted molar refractivity (Wildman–Crippen MR) is 104 cm³/mol. The van der Waals surface area contributed by atoms with Crippen LogP contribution in [0.2, 0.25) is 0 Å². The number of hydrogen-bond donors (Lipinski definition) is 1. The van der Waals surface area contributed by atoms with Crippen molar-refractivity contribution in [3.63, 3.8) is 0 Å². The molecule has 0 amide bonds. The first-order valence-electron chi connectivity index (χ1n) is 8.78. The first-order chi connectivity index (χ1) is 12.0. The molecule has 1 saturated heterocycles. The summed E-state index contributed by atoms with van der Waals surface area (Å²) >= 11 is 3.50. The molecule has 2 unspecified atom stereocenters. The van der Waals surface area contributed by atoms with Crippen molar-refractivity contribution in [2.75, 3.05) is 6.54 Å². The van der Waals surface area contributed by atoms with Crippen LogP contribution in [0.5, 0.6) is 0 Å². The lowest BCUT2D eigenvalue weighted by molar-refractivity contribution is -0.145. The number of aliphatic carboxylic acids is 1. The third kappa shape index (κ3) is 4.13. The van der Waals surface area contributed by atoms with Gasteiger partial charge in [0, 0.05) is 4.47 Å². The van der Waals surface area contributed by atoms with Gasteiger partial charge in [0.05, 0.1) is 6.04 Å². The van der Waals surface area contributed by atoms with Crippen molar-refractivity contribution >= 4 is 21.9 Å². The molecule has 0 aromatic heterocycles. The minimum absolute atomic E-state index is 0.0342. The zero-order valence-corrected chi connectivity index (χ0v) is 16.3. The van der Waals surface area contributed by atoms with Crippen molar-refractivity contribution in [1.82, 2.24) is 4.90 Å². The van der Waals surface area contributed by atoms with Gasteiger partial charge in [0.15, 0.2) is 0 Å². The molecule has 2 atom stereocenters. The average molecular weight is 402 g/mol. The van der Waals surface area contributed by atoms with E-state index in [0.717, 1.165) is 29.4 Å². The number of carbonyl (C=O) groups is 1. The number of likely N-dealkylation sites (tertiary alicyclic amines) is 1. The standard InChI is InChI=1S/C21H24BrNO2/c1-14-11-15(2)13-17(12-14)20(16-6-8-18(22)9-7-16)23-10-4-3-5-19(23)21(24)25/h6-9,11-13,19-20H,3-5,10H2,1-2H3,(H,24,25). The number of carboxylic acid groups (broad SMARTS) is 1. The average Bonchev–Trinajstić information content (AvgIpc) is 2.56. The highest BCUT2D eigenvalue weighted by Crippen LogP contribution is 2.35. The zero-order valence-electron chi connectivity index (χ0n) is 14.7. The van der Waals surface area contributed by atoms with Gasteiger partial charge in [-0.05, 0) is 56.5 Å². The number of carboxylic acids is 1. The summed E-state index contributed by atoms with van der Waals surface area (Å²) in [6.07, 6.45) is 2.74. The number of benzene rings is 2. The molecule has 0 bridgehead atoms. The molecule has 0 radical (unpaired) electrons. The summed E-state index contributed by atoms with van der Waals surface area (Å²) in [4.78, 5) is 14.0. The van der Waals surface area contributed by atoms with Gasteiger partial charge >= 0.3 is 5.97 Å². The maximum Gasteiger partial charge on any atom is 0.320 e. The van der Waals surface area contributed by atoms with Crippen molar-refractivity contribution in [1.29, 1.82) is 0 Å². The third-order valence-corrected chi connectivity index (χ3v) is 5.44. The molecule has 2 aromatic rings. The molecule has 0 spiro atoms. The number of halogens is 1. The molecule has 1 aliphatic heterocycles. The lowest BCUT2D eigenvalue weighted by Crippen LogP contribution is -2.46. The van der Waals surface area contributed by atoms with E-state index in [9.17, 15) is 9.90 Å². The lowest BCUT2D eigenvalue weighted by Gasteiger charge is -2.40. The van der Waals surface area contributed by atoms with Crippen LogP contribution in [0, 0.1) is 13.8 Å². The molecule has 3 nitrogen and oxygen atoms in total. The highest BCUT2D eigenvalue weighted by atomic mass is 79.9. The fourth-order valence-corrected chi connectivity index (χ4v) is 4.18. The Kier molecular flexibility index (Phi) is 5.60. The van der Waals surface area contributed by atoms with Crippen molar-refractivity contribution in [2.45, 2.75) is 45.2 Å². The van der Waals surface area contributed by atoms with Gasteiger partial charge < -0.3 is 5.11 Å². The normalized spacial score (nSPS) is 19.6. The Morgan fingerprint density at radius 2 is 1.72 bits per heavy atom. The van der Waals surface area contributed by atoms with E-state index < -0.39 is 12.0 Å². The number of nitrogens with zero attached hydrogens (tertiary/aromatic N) is 1. The van der Waals surface area contributed by atoms with E-state index in [0.29, 0.717) is 6.42 Å². The summed E-state index contributed by atoms with van der Waals surface area (Å²) in [6, 6.07) is 14.3. The van der Waals surface area contributed by atoms with Gasteiger partial charge in [-0.25, -0.2) is 0 Å². The van der Waals surface area contributed by atoms with Crippen molar-refractivity contribution in [3.8, 4) is 0 Å². The Morgan fingerprint density at radius 3 is 2.32 bits per heavy atom. The topological polar surface area (TPSA) is 40.5 Å². The molecule has 1 aliphatic rings. The Bertz CT molecular complexity index is 737. The number of piperidine rings is 1. The second kappa shape index (κ2) is 7.71. The van der Waals surface area contributed by atoms with Crippen LogP contribution >= 0.6 is 15.9 Å². The van der Waals surface area contributed by atoms with Crippen molar-refractivity contribution in [2.24, 2.45) is 0 Å². The maximum atomic E-state index is 11.9. The Morgan fingerprint density at radius 1 is 1.08 bits per heavy atom. The van der Waals surface area contributed by atoms with E-state index in [-0.39, 0.29) is 6.04 Å². The number of aryl methyl sites for hydroxylation is 2. The van der Waals surface area contributed by atoms with E-state index in [1.54, 1.807) is 0 Å². The summed E-state index contributed by atoms with van der Waals surface area (Å²) in [5.41, 5.74) is 4.73. The quantitative estimate of drug-likeness (QED) is 0.774. The second-order valence-corrected chi connectivity index (χ2v) is 7.88. The van der Waals surface area contributed by atoms with Gasteiger partial charge in [-0.2, -0.15) is 0 Å². The van der Waals surface area contributed by atoms with Crippen LogP contribution in [-0.2, 0) is 4.79 Å². The molecule has 1 N–H and O–H groups in total. The molecule has 4 heteroatoms. The first kappa shape index (κ1) is 18.2. The monoisotopic (exact) mass is 401 g/mol. The molecule has 0 aliphatic carbocycles. The van der Waals surface area contributed by atoms with Crippen LogP contribution in [0.4, 0.5) is 0 Å². The fraction of sp³-hybridized carbons (Fsp3) is 0.381. The van der Waals surface area contributed by atoms with Gasteiger partial charge in [-0.15, -0.1) is 0 Å². The van der Waals surface area contributed by atoms with Gasteiger partial charge in [-0.1, -0.05) is 63.8 Å². The Balaban J connectivity index is 2.10. The van der Waals surface area contributed by atoms with Gasteiger partial charge in [0.25, 0.3) is 0 Å². The Hall–Kier alpha value is -1.65. The maximum absolute atomic E-state index is 11.9. The van der Waals surface area contributed by atoms with Gasteiger partial charge in [0.1, 0.15) is 6.04 Å². The van der Waals surface area contributed by atoms with E-state index in [4.69, 9.17) is 0 Å². The second-order valence-electron chi connectivity index (χ2n) is 6.96. The molecule has 132 valence electrons. The van der Waals surface area contributed by atoms with Crippen LogP contribution < -0.4 is 0 Å². The summed E-state index contributed by atoms with van der Waals surface area (Å²) < 4.78 is 1.03. The third-order valence-electron chi connectivity index (χ3n) is 4.91. The predicted octanol–water partition coefficient (Wildman–Crippen LogP) is 5.09. The van der Waals surface area contributed by atoms with Crippen LogP contribution in [0.15, 0.2) is 46.9 Å². The summed E-state index contributed by atoms with van der Waals surface area (Å²) in [6.45, 7) is 5.00. The molecule has 1 heterocycles. The van der Waals surface area contributed by atoms with Crippen LogP contribution in [-0.4, -0.2) is 28.6 Å².